The van der Waals surface area contributed by atoms with Crippen molar-refractivity contribution in [2.75, 3.05) is 52.9 Å². The Kier molecular flexibility index (Phi) is 24.9. The van der Waals surface area contributed by atoms with Gasteiger partial charge in [-0.15, -0.1) is 0 Å². The highest BCUT2D eigenvalue weighted by Crippen LogP contribution is 2.61. The van der Waals surface area contributed by atoms with Crippen molar-refractivity contribution in [3.8, 4) is 17.2 Å². The molecule has 95 heavy (non-hydrogen) atoms. The quantitative estimate of drug-likeness (QED) is 0.0235. The van der Waals surface area contributed by atoms with Gasteiger partial charge in [-0.25, -0.2) is 4.79 Å². The lowest BCUT2D eigenvalue weighted by Crippen LogP contribution is -2.50. The van der Waals surface area contributed by atoms with Crippen LogP contribution in [0.2, 0.25) is 0 Å². The van der Waals surface area contributed by atoms with Gasteiger partial charge in [0.05, 0.1) is 47.6 Å². The van der Waals surface area contributed by atoms with Gasteiger partial charge in [-0.1, -0.05) is 78.3 Å². The van der Waals surface area contributed by atoms with E-state index in [0.29, 0.717) is 37.4 Å². The zero-order chi connectivity index (χ0) is 70.2. The molecule has 6 aliphatic rings. The highest BCUT2D eigenvalue weighted by molar-refractivity contribution is 7.70. The number of methoxy groups -OCH3 is 1. The lowest BCUT2D eigenvalue weighted by molar-refractivity contribution is -0.166. The second kappa shape index (κ2) is 31.4. The number of carbonyl (C=O) groups is 7. The first kappa shape index (κ1) is 75.3. The molecule has 9 atom stereocenters. The first-order valence-corrected chi connectivity index (χ1v) is 35.0. The third-order valence-electron chi connectivity index (χ3n) is 17.8. The van der Waals surface area contributed by atoms with Gasteiger partial charge in [0.15, 0.2) is 5.40 Å². The largest absolute Gasteiger partial charge is 0.507 e. The number of aliphatic hydroxyl groups excluding tert-OH is 1. The van der Waals surface area contributed by atoms with Crippen molar-refractivity contribution in [2.24, 2.45) is 34.6 Å². The van der Waals surface area contributed by atoms with Gasteiger partial charge in [0, 0.05) is 114 Å². The van der Waals surface area contributed by atoms with Crippen LogP contribution in [-0.4, -0.2) is 181 Å². The van der Waals surface area contributed by atoms with Gasteiger partial charge in [-0.3, -0.25) is 47.8 Å². The van der Waals surface area contributed by atoms with Crippen LogP contribution >= 0.6 is 15.2 Å². The minimum Gasteiger partial charge on any atom is -0.507 e. The van der Waals surface area contributed by atoms with Crippen molar-refractivity contribution in [1.82, 2.24) is 25.8 Å². The number of aliphatic imine (C=N–C) groups is 1. The number of hydrogen-bond acceptors (Lipinski definition) is 22. The van der Waals surface area contributed by atoms with Crippen molar-refractivity contribution in [1.29, 1.82) is 0 Å². The maximum absolute atomic E-state index is 15.1. The molecule has 1 aliphatic carbocycles. The van der Waals surface area contributed by atoms with Crippen LogP contribution in [0.5, 0.6) is 17.2 Å². The average molecular weight is 1370 g/mol. The second-order valence-electron chi connectivity index (χ2n) is 25.7. The van der Waals surface area contributed by atoms with Crippen molar-refractivity contribution < 1.29 is 106 Å². The molecule has 9 N–H and O–H groups in total. The van der Waals surface area contributed by atoms with Gasteiger partial charge in [-0.05, 0) is 62.9 Å². The van der Waals surface area contributed by atoms with Gasteiger partial charge >= 0.3 is 45.0 Å². The number of amides is 2. The minimum absolute atomic E-state index is 0.0106. The molecule has 2 aromatic carbocycles. The molecule has 8 rings (SSSR count). The van der Waals surface area contributed by atoms with Crippen molar-refractivity contribution in [3.63, 3.8) is 0 Å². The number of fused-ring (bicyclic) bond motifs is 13. The molecule has 1 fully saturated rings. The molecule has 5 bridgehead atoms. The number of Topliss-reactive ketones (excluding diaryl/α,β-unsaturated/α-hetero) is 2. The smallest absolute Gasteiger partial charge is 0.407 e. The van der Waals surface area contributed by atoms with Gasteiger partial charge in [0.2, 0.25) is 5.78 Å². The van der Waals surface area contributed by atoms with Crippen LogP contribution in [-0.2, 0) is 58.6 Å². The normalized spacial score (nSPS) is 26.2. The predicted molar refractivity (Wildman–Crippen MR) is 345 cm³/mol. The van der Waals surface area contributed by atoms with E-state index in [1.807, 2.05) is 0 Å². The number of phenolic OH excluding ortho intramolecular Hbond substituents is 1. The number of aromatic hydroxyl groups is 1. The number of hydrogen-bond donors (Lipinski definition) is 9. The van der Waals surface area contributed by atoms with Gasteiger partial charge < -0.3 is 83.8 Å². The molecular formula is C65H90N6O22P2. The minimum atomic E-state index is -5.25. The summed E-state index contributed by atoms with van der Waals surface area (Å²) in [6, 6.07) is 6.22. The fraction of sp³-hybridized carbons (Fsp3) is 0.569. The number of piperidine rings is 1. The van der Waals surface area contributed by atoms with E-state index in [9.17, 15) is 62.9 Å². The third-order valence-corrected chi connectivity index (χ3v) is 21.6. The van der Waals surface area contributed by atoms with E-state index >= 15 is 9.59 Å². The summed E-state index contributed by atoms with van der Waals surface area (Å²) in [4.78, 5) is 144. The fourth-order valence-electron chi connectivity index (χ4n) is 12.6. The number of phenols is 1. The van der Waals surface area contributed by atoms with Gasteiger partial charge in [0.25, 0.3) is 11.7 Å². The first-order chi connectivity index (χ1) is 44.5. The molecule has 522 valence electrons. The molecule has 0 unspecified atom stereocenters. The predicted octanol–water partition coefficient (Wildman–Crippen LogP) is 6.17. The summed E-state index contributed by atoms with van der Waals surface area (Å²) >= 11 is 0. The molecule has 1 spiro atoms. The van der Waals surface area contributed by atoms with Crippen molar-refractivity contribution in [2.45, 2.75) is 156 Å². The zero-order valence-corrected chi connectivity index (χ0v) is 57.4. The summed E-state index contributed by atoms with van der Waals surface area (Å²) in [7, 11) is -9.12. The Labute approximate surface area is 552 Å². The number of unbranched alkanes of at least 4 members (excludes halogenated alkanes) is 1. The Morgan fingerprint density at radius 1 is 0.863 bits per heavy atom. The number of alkyl carbamates (subject to hydrolysis) is 1. The Morgan fingerprint density at radius 2 is 1.52 bits per heavy atom. The Hall–Kier alpha value is -7.10. The summed E-state index contributed by atoms with van der Waals surface area (Å²) < 4.78 is 65.3. The number of ether oxygens (including phenoxy) is 7. The van der Waals surface area contributed by atoms with Crippen LogP contribution in [0, 0.1) is 36.5 Å². The lowest BCUT2D eigenvalue weighted by Gasteiger charge is -2.39. The highest BCUT2D eigenvalue weighted by Gasteiger charge is 2.55. The maximum Gasteiger partial charge on any atom is 0.407 e. The Morgan fingerprint density at radius 3 is 2.13 bits per heavy atom. The number of rotatable bonds is 20. The molecule has 2 amide bonds. The standard InChI is InChI=1S/C65H90N6O22P2/c1-35(2)32-71-28-24-65(25-29-71)68-52-49-50-56(76)41(8)60-51(49)61(78)64(11,93-60)89-31-23-46(87-12)38(5)59(91-43(10)73)40(7)55(75)39(6)58(36(3)16-15-17-37(4)62(79)67-54(57(50)77)53(52)69-65)92-47(74)33-70(27-14-13-18-48(94(81,82)83)95(84,85)86)30-26-66-63(80)88-34-44-19-21-45(22-20-44)90-42(9)72/h15-17,19-23,31,35-36,38-40,46,48,55,58-59,69,75-76H,13-14,18,24-30,32-34H2,1-12H3,(H,66,80)(H,67,79)(H2,81,82,83)(H2,84,85,86)/b16-15+,31-23+,37-17-/t36-,38+,39-,40+,46-,55+,58-,59+,64-/m0/s1. The highest BCUT2D eigenvalue weighted by atomic mass is 31.2. The number of nitrogens with zero attached hydrogens (tertiary/aromatic N) is 3. The van der Waals surface area contributed by atoms with Gasteiger partial charge in [-0.2, -0.15) is 0 Å². The molecular weight excluding hydrogens is 1280 g/mol. The summed E-state index contributed by atoms with van der Waals surface area (Å²) in [5.41, 5.74) is -0.539. The van der Waals surface area contributed by atoms with Crippen LogP contribution in [0.15, 0.2) is 76.8 Å². The topological polar surface area (TPSA) is 395 Å². The van der Waals surface area contributed by atoms with Crippen LogP contribution in [0.3, 0.4) is 0 Å². The molecule has 5 aliphatic heterocycles. The van der Waals surface area contributed by atoms with E-state index in [0.717, 1.165) is 6.54 Å². The number of nitrogens with one attached hydrogen (secondary N) is 3. The Bertz CT molecular complexity index is 3470. The second-order valence-corrected chi connectivity index (χ2v) is 29.7. The molecule has 2 aromatic rings. The molecule has 0 saturated carbocycles. The number of esters is 3. The van der Waals surface area contributed by atoms with Crippen LogP contribution in [0.1, 0.15) is 139 Å². The van der Waals surface area contributed by atoms with Gasteiger partial charge in [0.1, 0.15) is 47.4 Å². The zero-order valence-electron chi connectivity index (χ0n) is 55.6. The number of benzene rings is 2. The average Bonchev–Trinajstić information content (AvgIpc) is 1.58. The van der Waals surface area contributed by atoms with E-state index in [4.69, 9.17) is 38.2 Å². The summed E-state index contributed by atoms with van der Waals surface area (Å²) in [5, 5.41) is 31.1. The first-order valence-electron chi connectivity index (χ1n) is 31.6. The number of ketones is 2. The molecule has 30 heteroatoms. The van der Waals surface area contributed by atoms with Crippen molar-refractivity contribution >= 4 is 62.4 Å². The number of allylic oxidation sites excluding steroid dienone is 4. The van der Waals surface area contributed by atoms with Crippen LogP contribution in [0.25, 0.3) is 0 Å². The fourth-order valence-corrected chi connectivity index (χ4v) is 15.3. The molecule has 5 heterocycles. The lowest BCUT2D eigenvalue weighted by atomic mass is 9.78. The summed E-state index contributed by atoms with van der Waals surface area (Å²) in [5.74, 6) is -9.80. The number of aliphatic hydroxyl groups is 1. The maximum atomic E-state index is 15.1. The monoisotopic (exact) mass is 1370 g/mol. The van der Waals surface area contributed by atoms with E-state index in [1.165, 1.54) is 83.3 Å². The number of likely N-dealkylation sites (tertiary alicyclic amines) is 1. The molecule has 28 nitrogen and oxygen atoms in total. The Balaban J connectivity index is 1.22. The molecule has 0 radical (unpaired) electrons. The van der Waals surface area contributed by atoms with Crippen LogP contribution in [0.4, 0.5) is 4.79 Å². The summed E-state index contributed by atoms with van der Waals surface area (Å²) in [6.07, 6.45) is 2.04. The van der Waals surface area contributed by atoms with E-state index in [2.05, 4.69) is 34.7 Å². The van der Waals surface area contributed by atoms with E-state index in [1.54, 1.807) is 45.9 Å². The number of carbonyl (C=O) groups excluding carboxylic acids is 7. The van der Waals surface area contributed by atoms with E-state index < -0.39 is 140 Å². The van der Waals surface area contributed by atoms with Crippen molar-refractivity contribution in [3.05, 3.63) is 99.6 Å². The third kappa shape index (κ3) is 18.3. The summed E-state index contributed by atoms with van der Waals surface area (Å²) in [6.45, 7) is 18.9. The van der Waals surface area contributed by atoms with E-state index in [-0.39, 0.29) is 95.5 Å². The molecule has 0 aromatic heterocycles. The van der Waals surface area contributed by atoms with Crippen LogP contribution < -0.4 is 25.4 Å². The molecule has 1 saturated heterocycles. The SMILES string of the molecule is CO[C@H]1/C=C/O[C@@]2(C)Oc3c(C)c(O)c4c(c3C2=O)C2=NC3(CCN(CC(C)C)CC3)NC2=C(NC(=O)/C(C)=C\C=C\[C@H](C)[C@H](OC(=O)CN(CCCCC(P(=O)(O)O)P(=O)(O)O)CCNC(=O)OCc2ccc(OC(C)=O)cc2)[C@@H](C)[C@@H](O)[C@@H](C)[C@H](OC(C)=O)[C@@H]1C)C4=O.